The minimum absolute atomic E-state index is 0.119. The molecule has 0 saturated heterocycles. The summed E-state index contributed by atoms with van der Waals surface area (Å²) in [6.45, 7) is 11.9. The van der Waals surface area contributed by atoms with E-state index in [-0.39, 0.29) is 22.8 Å². The van der Waals surface area contributed by atoms with Crippen molar-refractivity contribution in [2.75, 3.05) is 12.0 Å². The number of nitriles is 1. The lowest BCUT2D eigenvalue weighted by atomic mass is 9.81. The molecule has 0 bridgehead atoms. The maximum Gasteiger partial charge on any atom is 0.180 e. The smallest absolute Gasteiger partial charge is 0.180 e. The average Bonchev–Trinajstić information content (AvgIpc) is 2.71. The molecule has 0 N–H and O–H groups in total. The number of carbonyl (C=O) groups excluding carboxylic acids is 1. The maximum atomic E-state index is 12.5. The van der Waals surface area contributed by atoms with Crippen molar-refractivity contribution >= 4 is 11.5 Å². The predicted octanol–water partition coefficient (Wildman–Crippen LogP) is 4.20. The molecule has 1 heterocycles. The minimum Gasteiger partial charge on any atom is -0.497 e. The number of fused-ring (bicyclic) bond motifs is 1. The van der Waals surface area contributed by atoms with E-state index in [1.807, 2.05) is 43.9 Å². The van der Waals surface area contributed by atoms with Crippen molar-refractivity contribution in [3.63, 3.8) is 0 Å². The normalized spacial score (nSPS) is 19.7. The molecule has 0 radical (unpaired) electrons. The van der Waals surface area contributed by atoms with E-state index in [1.165, 1.54) is 0 Å². The third-order valence-corrected chi connectivity index (χ3v) is 4.95. The fraction of sp³-hybridized carbons (Fsp3) is 0.500. The Kier molecular flexibility index (Phi) is 4.50. The summed E-state index contributed by atoms with van der Waals surface area (Å²) in [7, 11) is 1.65. The Hall–Kier alpha value is -2.28. The Balaban J connectivity index is 2.55. The van der Waals surface area contributed by atoms with Crippen LogP contribution in [0.25, 0.3) is 0 Å². The molecule has 1 aromatic carbocycles. The number of Topliss-reactive ketones (excluding diaryl/α,β-unsaturated/α-hetero) is 1. The van der Waals surface area contributed by atoms with Crippen LogP contribution in [0.2, 0.25) is 0 Å². The van der Waals surface area contributed by atoms with Gasteiger partial charge in [-0.15, -0.1) is 0 Å². The van der Waals surface area contributed by atoms with Gasteiger partial charge in [0.2, 0.25) is 0 Å². The molecular weight excluding hydrogens is 300 g/mol. The van der Waals surface area contributed by atoms with Crippen LogP contribution in [0.1, 0.15) is 47.1 Å². The third-order valence-electron chi connectivity index (χ3n) is 4.95. The molecule has 4 heteroatoms. The van der Waals surface area contributed by atoms with E-state index in [9.17, 15) is 10.1 Å². The lowest BCUT2D eigenvalue weighted by Crippen LogP contribution is -2.36. The molecule has 1 aliphatic heterocycles. The number of allylic oxidation sites excluding steroid dienone is 1. The molecule has 1 atom stereocenters. The zero-order chi connectivity index (χ0) is 18.3. The van der Waals surface area contributed by atoms with E-state index in [0.29, 0.717) is 0 Å². The Bertz CT molecular complexity index is 733. The SMILES string of the molecule is COc1ccc2c(c1)C(C)(C)C(C)N2/C=C(\C#N)C(=O)C(C)(C)C. The first kappa shape index (κ1) is 18.1. The van der Waals surface area contributed by atoms with Gasteiger partial charge in [0.25, 0.3) is 0 Å². The van der Waals surface area contributed by atoms with Gasteiger partial charge in [-0.2, -0.15) is 5.26 Å². The van der Waals surface area contributed by atoms with Gasteiger partial charge in [0.05, 0.1) is 7.11 Å². The van der Waals surface area contributed by atoms with Gasteiger partial charge >= 0.3 is 0 Å². The van der Waals surface area contributed by atoms with Gasteiger partial charge in [0, 0.05) is 28.8 Å². The number of ether oxygens (including phenoxy) is 1. The van der Waals surface area contributed by atoms with Crippen molar-refractivity contribution in [3.05, 3.63) is 35.5 Å². The van der Waals surface area contributed by atoms with Gasteiger partial charge in [-0.1, -0.05) is 34.6 Å². The third kappa shape index (κ3) is 2.91. The summed E-state index contributed by atoms with van der Waals surface area (Å²) >= 11 is 0. The standard InChI is InChI=1S/C20H26N2O2/c1-13-20(5,6)16-10-15(24-7)8-9-17(16)22(13)12-14(11-21)18(23)19(2,3)4/h8-10,12-13H,1-7H3/b14-12+. The molecule has 1 aromatic rings. The molecule has 0 amide bonds. The molecule has 24 heavy (non-hydrogen) atoms. The lowest BCUT2D eigenvalue weighted by molar-refractivity contribution is -0.122. The van der Waals surface area contributed by atoms with Crippen LogP contribution in [0, 0.1) is 16.7 Å². The first-order valence-corrected chi connectivity index (χ1v) is 8.17. The number of carbonyl (C=O) groups is 1. The largest absolute Gasteiger partial charge is 0.497 e. The summed E-state index contributed by atoms with van der Waals surface area (Å²) in [5.74, 6) is 0.670. The number of rotatable bonds is 3. The Labute approximate surface area is 144 Å². The molecule has 4 nitrogen and oxygen atoms in total. The van der Waals surface area contributed by atoms with Crippen LogP contribution in [0.5, 0.6) is 5.75 Å². The summed E-state index contributed by atoms with van der Waals surface area (Å²) in [6, 6.07) is 8.14. The van der Waals surface area contributed by atoms with Crippen LogP contribution in [0.3, 0.4) is 0 Å². The molecule has 0 fully saturated rings. The maximum absolute atomic E-state index is 12.5. The first-order valence-electron chi connectivity index (χ1n) is 8.17. The molecule has 0 aromatic heterocycles. The fourth-order valence-corrected chi connectivity index (χ4v) is 3.03. The number of anilines is 1. The van der Waals surface area contributed by atoms with E-state index in [4.69, 9.17) is 4.74 Å². The van der Waals surface area contributed by atoms with Crippen LogP contribution in [-0.4, -0.2) is 18.9 Å². The first-order chi connectivity index (χ1) is 11.0. The summed E-state index contributed by atoms with van der Waals surface area (Å²) in [5.41, 5.74) is 1.66. The summed E-state index contributed by atoms with van der Waals surface area (Å²) in [6.07, 6.45) is 1.71. The van der Waals surface area contributed by atoms with Gasteiger partial charge < -0.3 is 9.64 Å². The molecule has 2 rings (SSSR count). The number of ketones is 1. The second-order valence-corrected chi connectivity index (χ2v) is 7.92. The van der Waals surface area contributed by atoms with Crippen molar-refractivity contribution in [2.24, 2.45) is 5.41 Å². The van der Waals surface area contributed by atoms with Crippen molar-refractivity contribution in [2.45, 2.75) is 53.0 Å². The van der Waals surface area contributed by atoms with Crippen molar-refractivity contribution in [1.82, 2.24) is 0 Å². The van der Waals surface area contributed by atoms with Crippen LogP contribution in [-0.2, 0) is 10.2 Å². The highest BCUT2D eigenvalue weighted by atomic mass is 16.5. The number of hydrogen-bond donors (Lipinski definition) is 0. The minimum atomic E-state index is -0.581. The topological polar surface area (TPSA) is 53.3 Å². The number of benzene rings is 1. The molecule has 128 valence electrons. The Morgan fingerprint density at radius 2 is 2.00 bits per heavy atom. The number of nitrogens with zero attached hydrogens (tertiary/aromatic N) is 2. The van der Waals surface area contributed by atoms with Crippen LogP contribution >= 0.6 is 0 Å². The second-order valence-electron chi connectivity index (χ2n) is 7.92. The molecule has 0 aliphatic carbocycles. The van der Waals surface area contributed by atoms with Crippen LogP contribution in [0.15, 0.2) is 30.0 Å². The molecular formula is C20H26N2O2. The average molecular weight is 326 g/mol. The highest BCUT2D eigenvalue weighted by molar-refractivity contribution is 6.02. The fourth-order valence-electron chi connectivity index (χ4n) is 3.03. The van der Waals surface area contributed by atoms with Gasteiger partial charge in [-0.05, 0) is 30.7 Å². The highest BCUT2D eigenvalue weighted by Crippen LogP contribution is 2.46. The quantitative estimate of drug-likeness (QED) is 0.617. The molecule has 1 aliphatic rings. The summed E-state index contributed by atoms with van der Waals surface area (Å²) in [5, 5.41) is 9.48. The molecule has 0 spiro atoms. The molecule has 1 unspecified atom stereocenters. The predicted molar refractivity (Wildman–Crippen MR) is 96.1 cm³/mol. The van der Waals surface area contributed by atoms with Crippen LogP contribution < -0.4 is 9.64 Å². The number of hydrogen-bond acceptors (Lipinski definition) is 4. The van der Waals surface area contributed by atoms with E-state index >= 15 is 0 Å². The van der Waals surface area contributed by atoms with Crippen molar-refractivity contribution in [3.8, 4) is 11.8 Å². The van der Waals surface area contributed by atoms with Crippen molar-refractivity contribution in [1.29, 1.82) is 5.26 Å². The van der Waals surface area contributed by atoms with E-state index in [2.05, 4.69) is 26.8 Å². The highest BCUT2D eigenvalue weighted by Gasteiger charge is 2.42. The number of methoxy groups -OCH3 is 1. The molecule has 0 saturated carbocycles. The van der Waals surface area contributed by atoms with Gasteiger partial charge in [0.15, 0.2) is 5.78 Å². The van der Waals surface area contributed by atoms with Gasteiger partial charge in [0.1, 0.15) is 17.4 Å². The lowest BCUT2D eigenvalue weighted by Gasteiger charge is -2.29. The van der Waals surface area contributed by atoms with E-state index in [0.717, 1.165) is 17.0 Å². The zero-order valence-electron chi connectivity index (χ0n) is 15.6. The van der Waals surface area contributed by atoms with Crippen molar-refractivity contribution < 1.29 is 9.53 Å². The second kappa shape index (κ2) is 5.98. The summed E-state index contributed by atoms with van der Waals surface area (Å²) < 4.78 is 5.35. The van der Waals surface area contributed by atoms with Gasteiger partial charge in [-0.25, -0.2) is 0 Å². The van der Waals surface area contributed by atoms with Crippen LogP contribution in [0.4, 0.5) is 5.69 Å². The monoisotopic (exact) mass is 326 g/mol. The van der Waals surface area contributed by atoms with E-state index < -0.39 is 5.41 Å². The van der Waals surface area contributed by atoms with E-state index in [1.54, 1.807) is 13.3 Å². The summed E-state index contributed by atoms with van der Waals surface area (Å²) in [4.78, 5) is 14.6. The Morgan fingerprint density at radius 1 is 1.38 bits per heavy atom. The zero-order valence-corrected chi connectivity index (χ0v) is 15.6. The Morgan fingerprint density at radius 3 is 2.50 bits per heavy atom. The van der Waals surface area contributed by atoms with Gasteiger partial charge in [-0.3, -0.25) is 4.79 Å².